The van der Waals surface area contributed by atoms with Crippen molar-refractivity contribution < 1.29 is 18.0 Å². The van der Waals surface area contributed by atoms with E-state index in [1.54, 1.807) is 29.2 Å². The fourth-order valence-electron chi connectivity index (χ4n) is 4.54. The molecule has 0 spiro atoms. The van der Waals surface area contributed by atoms with Crippen molar-refractivity contribution >= 4 is 56.6 Å². The molecule has 3 atom stereocenters. The molecule has 2 saturated heterocycles. The van der Waals surface area contributed by atoms with Crippen LogP contribution in [0, 0.1) is 0 Å². The highest BCUT2D eigenvalue weighted by atomic mass is 35.5. The second-order valence-electron chi connectivity index (χ2n) is 8.91. The lowest BCUT2D eigenvalue weighted by molar-refractivity contribution is -0.167. The van der Waals surface area contributed by atoms with E-state index in [0.29, 0.717) is 5.02 Å². The van der Waals surface area contributed by atoms with Gasteiger partial charge < -0.3 is 15.5 Å². The average molecular weight is 560 g/mol. The van der Waals surface area contributed by atoms with E-state index in [0.717, 1.165) is 9.87 Å². The van der Waals surface area contributed by atoms with Gasteiger partial charge in [-0.05, 0) is 49.7 Å². The third kappa shape index (κ3) is 4.90. The smallest absolute Gasteiger partial charge is 0.246 e. The van der Waals surface area contributed by atoms with Crippen molar-refractivity contribution in [1.29, 1.82) is 0 Å². The Labute approximate surface area is 219 Å². The van der Waals surface area contributed by atoms with Crippen LogP contribution in [-0.2, 0) is 26.0 Å². The Hall–Kier alpha value is -1.88. The molecule has 0 saturated carbocycles. The minimum Gasteiger partial charge on any atom is -0.335 e. The lowest BCUT2D eigenvalue weighted by atomic mass is 9.96. The van der Waals surface area contributed by atoms with Gasteiger partial charge in [0.1, 0.15) is 17.1 Å². The summed E-state index contributed by atoms with van der Waals surface area (Å²) in [7, 11) is -4.22. The van der Waals surface area contributed by atoms with Gasteiger partial charge in [-0.3, -0.25) is 9.59 Å². The number of hydrogen-bond acceptors (Lipinski definition) is 5. The molecule has 3 unspecified atom stereocenters. The van der Waals surface area contributed by atoms with Gasteiger partial charge in [0.15, 0.2) is 0 Å². The number of piperazine rings is 1. The van der Waals surface area contributed by atoms with Crippen molar-refractivity contribution in [3.8, 4) is 0 Å². The molecule has 2 aliphatic heterocycles. The minimum absolute atomic E-state index is 0.00302. The summed E-state index contributed by atoms with van der Waals surface area (Å²) in [5.41, 5.74) is 6.91. The summed E-state index contributed by atoms with van der Waals surface area (Å²) in [5, 5.41) is 0.736. The number of amides is 2. The maximum absolute atomic E-state index is 13.8. The summed E-state index contributed by atoms with van der Waals surface area (Å²) in [6.07, 6.45) is -0.778. The van der Waals surface area contributed by atoms with Gasteiger partial charge in [0, 0.05) is 29.1 Å². The van der Waals surface area contributed by atoms with E-state index in [2.05, 4.69) is 0 Å². The first-order valence-electron chi connectivity index (χ1n) is 11.0. The van der Waals surface area contributed by atoms with E-state index < -0.39 is 34.2 Å². The zero-order valence-electron chi connectivity index (χ0n) is 19.1. The average Bonchev–Trinajstić information content (AvgIpc) is 2.80. The summed E-state index contributed by atoms with van der Waals surface area (Å²) in [4.78, 5) is 29.6. The van der Waals surface area contributed by atoms with Crippen LogP contribution >= 0.6 is 34.8 Å². The molecule has 2 aromatic rings. The molecule has 2 fully saturated rings. The number of nitrogens with two attached hydrogens (primary N) is 1. The molecule has 2 heterocycles. The number of rotatable bonds is 5. The quantitative estimate of drug-likeness (QED) is 0.607. The number of fused-ring (bicyclic) bond motifs is 1. The predicted octanol–water partition coefficient (Wildman–Crippen LogP) is 3.00. The first kappa shape index (κ1) is 26.2. The number of halogens is 3. The highest BCUT2D eigenvalue weighted by Crippen LogP contribution is 2.35. The van der Waals surface area contributed by atoms with Crippen molar-refractivity contribution in [3.05, 3.63) is 63.1 Å². The Morgan fingerprint density at radius 3 is 2.23 bits per heavy atom. The summed E-state index contributed by atoms with van der Waals surface area (Å²) in [5.74, 6) is -0.749. The van der Waals surface area contributed by atoms with Crippen molar-refractivity contribution in [2.45, 2.75) is 49.5 Å². The molecule has 12 heteroatoms. The zero-order valence-corrected chi connectivity index (χ0v) is 22.2. The molecule has 2 aliphatic rings. The largest absolute Gasteiger partial charge is 0.335 e. The number of hydrogen-bond donors (Lipinski definition) is 1. The van der Waals surface area contributed by atoms with E-state index in [4.69, 9.17) is 40.5 Å². The predicted molar refractivity (Wildman–Crippen MR) is 135 cm³/mol. The molecule has 4 rings (SSSR count). The van der Waals surface area contributed by atoms with Gasteiger partial charge in [-0.25, -0.2) is 8.42 Å². The number of nitrogens with zero attached hydrogens (tertiary/aromatic N) is 3. The van der Waals surface area contributed by atoms with Crippen molar-refractivity contribution in [3.63, 3.8) is 0 Å². The van der Waals surface area contributed by atoms with E-state index >= 15 is 0 Å². The first-order chi connectivity index (χ1) is 16.4. The topological polar surface area (TPSA) is 104 Å². The van der Waals surface area contributed by atoms with E-state index in [9.17, 15) is 18.0 Å². The maximum Gasteiger partial charge on any atom is 0.246 e. The zero-order chi connectivity index (χ0) is 25.7. The molecule has 2 N–H and O–H groups in total. The lowest BCUT2D eigenvalue weighted by Gasteiger charge is -2.53. The Balaban J connectivity index is 1.81. The second-order valence-corrected chi connectivity index (χ2v) is 12.1. The summed E-state index contributed by atoms with van der Waals surface area (Å²) in [6, 6.07) is 8.79. The number of carbonyl (C=O) groups is 2. The van der Waals surface area contributed by atoms with Crippen LogP contribution in [0.4, 0.5) is 0 Å². The standard InChI is InChI=1S/C23H25Cl3N4O4S/c1-13(2)28-12-21-29(35(33,34)20-10-16(25)7-8-17(20)26)11-18(27)22(31)30(21)19(23(28)32)9-14-3-5-15(24)6-4-14/h3-8,10,13,18-19,21H,9,11-12,27H2,1-2H3. The molecule has 0 radical (unpaired) electrons. The van der Waals surface area contributed by atoms with Crippen LogP contribution < -0.4 is 5.73 Å². The van der Waals surface area contributed by atoms with Crippen LogP contribution in [0.15, 0.2) is 47.4 Å². The molecule has 35 heavy (non-hydrogen) atoms. The molecule has 2 aromatic carbocycles. The fraction of sp³-hybridized carbons (Fsp3) is 0.391. The monoisotopic (exact) mass is 558 g/mol. The minimum atomic E-state index is -4.22. The normalized spacial score (nSPS) is 23.7. The lowest BCUT2D eigenvalue weighted by Crippen LogP contribution is -2.75. The Morgan fingerprint density at radius 2 is 1.60 bits per heavy atom. The van der Waals surface area contributed by atoms with Crippen LogP contribution in [0.3, 0.4) is 0 Å². The summed E-state index contributed by atoms with van der Waals surface area (Å²) < 4.78 is 28.8. The third-order valence-electron chi connectivity index (χ3n) is 6.31. The van der Waals surface area contributed by atoms with Crippen molar-refractivity contribution in [2.75, 3.05) is 13.1 Å². The molecule has 0 bridgehead atoms. The SMILES string of the molecule is CC(C)N1CC2N(C(=O)C(N)CN2S(=O)(=O)c2cc(Cl)ccc2Cl)C(Cc2ccc(Cl)cc2)C1=O. The van der Waals surface area contributed by atoms with Gasteiger partial charge in [0.2, 0.25) is 21.8 Å². The molecule has 8 nitrogen and oxygen atoms in total. The van der Waals surface area contributed by atoms with E-state index in [1.165, 1.54) is 23.1 Å². The van der Waals surface area contributed by atoms with E-state index in [1.807, 2.05) is 13.8 Å². The number of benzene rings is 2. The van der Waals surface area contributed by atoms with Crippen LogP contribution in [0.2, 0.25) is 15.1 Å². The molecule has 2 amide bonds. The Morgan fingerprint density at radius 1 is 0.971 bits per heavy atom. The molecule has 0 aliphatic carbocycles. The van der Waals surface area contributed by atoms with Gasteiger partial charge in [0.25, 0.3) is 0 Å². The third-order valence-corrected chi connectivity index (χ3v) is 9.14. The fourth-order valence-corrected chi connectivity index (χ4v) is 7.00. The van der Waals surface area contributed by atoms with Gasteiger partial charge in [0.05, 0.1) is 17.6 Å². The van der Waals surface area contributed by atoms with Crippen LogP contribution in [0.25, 0.3) is 0 Å². The van der Waals surface area contributed by atoms with Crippen LogP contribution in [-0.4, -0.2) is 71.7 Å². The first-order valence-corrected chi connectivity index (χ1v) is 13.6. The number of sulfonamides is 1. The van der Waals surface area contributed by atoms with Gasteiger partial charge in [-0.1, -0.05) is 46.9 Å². The molecular weight excluding hydrogens is 535 g/mol. The van der Waals surface area contributed by atoms with Crippen molar-refractivity contribution in [1.82, 2.24) is 14.1 Å². The Kier molecular flexibility index (Phi) is 7.39. The Bertz CT molecular complexity index is 1260. The van der Waals surface area contributed by atoms with Gasteiger partial charge in [-0.2, -0.15) is 4.31 Å². The number of carbonyl (C=O) groups excluding carboxylic acids is 2. The van der Waals surface area contributed by atoms with Crippen LogP contribution in [0.1, 0.15) is 19.4 Å². The summed E-state index contributed by atoms with van der Waals surface area (Å²) in [6.45, 7) is 3.44. The van der Waals surface area contributed by atoms with Crippen LogP contribution in [0.5, 0.6) is 0 Å². The second kappa shape index (κ2) is 9.88. The molecular formula is C23H25Cl3N4O4S. The highest BCUT2D eigenvalue weighted by molar-refractivity contribution is 7.89. The summed E-state index contributed by atoms with van der Waals surface area (Å²) >= 11 is 18.3. The molecule has 0 aromatic heterocycles. The molecule has 188 valence electrons. The van der Waals surface area contributed by atoms with Gasteiger partial charge in [-0.15, -0.1) is 0 Å². The highest BCUT2D eigenvalue weighted by Gasteiger charge is 2.53. The van der Waals surface area contributed by atoms with Gasteiger partial charge >= 0.3 is 0 Å². The van der Waals surface area contributed by atoms with Crippen molar-refractivity contribution in [2.24, 2.45) is 5.73 Å². The van der Waals surface area contributed by atoms with E-state index in [-0.39, 0.29) is 46.4 Å². The maximum atomic E-state index is 13.8.